The molecule has 1 aliphatic heterocycles. The van der Waals surface area contributed by atoms with Crippen molar-refractivity contribution in [2.24, 2.45) is 0 Å². The molecule has 1 aliphatic rings. The van der Waals surface area contributed by atoms with Gasteiger partial charge < -0.3 is 5.32 Å². The molecule has 3 rings (SSSR count). The molecule has 1 aromatic heterocycles. The fourth-order valence-corrected chi connectivity index (χ4v) is 5.82. The van der Waals surface area contributed by atoms with Gasteiger partial charge in [-0.15, -0.1) is 10.2 Å². The number of aromatic nitrogens is 2. The highest BCUT2D eigenvalue weighted by molar-refractivity contribution is 8.01. The molecular weight excluding hydrogens is 392 g/mol. The van der Waals surface area contributed by atoms with Gasteiger partial charge in [0.15, 0.2) is 10.1 Å². The Morgan fingerprint density at radius 3 is 2.58 bits per heavy atom. The van der Waals surface area contributed by atoms with Crippen LogP contribution in [0.2, 0.25) is 0 Å². The summed E-state index contributed by atoms with van der Waals surface area (Å²) in [6, 6.07) is 6.19. The highest BCUT2D eigenvalue weighted by Crippen LogP contribution is 2.26. The highest BCUT2D eigenvalue weighted by Gasteiger charge is 2.27. The van der Waals surface area contributed by atoms with Gasteiger partial charge in [-0.1, -0.05) is 35.2 Å². The minimum atomic E-state index is -3.45. The van der Waals surface area contributed by atoms with Gasteiger partial charge in [-0.3, -0.25) is 4.79 Å². The first-order valence-corrected chi connectivity index (χ1v) is 11.6. The van der Waals surface area contributed by atoms with Crippen LogP contribution in [0, 0.1) is 0 Å². The second kappa shape index (κ2) is 8.47. The smallest absolute Gasteiger partial charge is 0.243 e. The zero-order chi connectivity index (χ0) is 18.6. The molecule has 0 bridgehead atoms. The Morgan fingerprint density at radius 1 is 1.23 bits per heavy atom. The molecule has 2 aromatic rings. The van der Waals surface area contributed by atoms with E-state index >= 15 is 0 Å². The van der Waals surface area contributed by atoms with E-state index < -0.39 is 10.0 Å². The number of hydrogen-bond acceptors (Lipinski definition) is 8. The molecule has 1 fully saturated rings. The summed E-state index contributed by atoms with van der Waals surface area (Å²) in [4.78, 5) is 12.6. The van der Waals surface area contributed by atoms with Gasteiger partial charge in [0, 0.05) is 25.2 Å². The molecule has 0 aliphatic carbocycles. The number of sulfonamides is 1. The number of hydrogen-bond donors (Lipinski definition) is 1. The molecule has 1 saturated heterocycles. The molecule has 10 heteroatoms. The normalized spacial score (nSPS) is 15.3. The maximum absolute atomic E-state index is 12.5. The molecule has 26 heavy (non-hydrogen) atoms. The predicted octanol–water partition coefficient (Wildman–Crippen LogP) is 2.73. The highest BCUT2D eigenvalue weighted by atomic mass is 32.2. The summed E-state index contributed by atoms with van der Waals surface area (Å²) in [6.07, 6.45) is 1.79. The summed E-state index contributed by atoms with van der Waals surface area (Å²) in [5.74, 6) is 0.166. The number of anilines is 1. The average Bonchev–Trinajstić information content (AvgIpc) is 3.32. The van der Waals surface area contributed by atoms with Crippen LogP contribution in [0.4, 0.5) is 5.13 Å². The van der Waals surface area contributed by atoms with E-state index in [1.165, 1.54) is 39.5 Å². The molecule has 7 nitrogen and oxygen atoms in total. The van der Waals surface area contributed by atoms with E-state index in [1.807, 2.05) is 6.92 Å². The molecule has 0 radical (unpaired) electrons. The van der Waals surface area contributed by atoms with Crippen molar-refractivity contribution in [2.75, 3.05) is 30.7 Å². The minimum Gasteiger partial charge on any atom is -0.360 e. The topological polar surface area (TPSA) is 92.3 Å². The number of benzene rings is 1. The number of nitrogens with one attached hydrogen (secondary N) is 1. The Bertz CT molecular complexity index is 859. The van der Waals surface area contributed by atoms with Crippen molar-refractivity contribution >= 4 is 44.0 Å². The number of nitrogens with zero attached hydrogens (tertiary/aromatic N) is 3. The van der Waals surface area contributed by atoms with Crippen LogP contribution < -0.4 is 5.32 Å². The Morgan fingerprint density at radius 2 is 1.92 bits per heavy atom. The van der Waals surface area contributed by atoms with Gasteiger partial charge in [-0.2, -0.15) is 4.31 Å². The molecule has 0 saturated carbocycles. The predicted molar refractivity (Wildman–Crippen MR) is 104 cm³/mol. The zero-order valence-electron chi connectivity index (χ0n) is 14.3. The summed E-state index contributed by atoms with van der Waals surface area (Å²) in [7, 11) is -3.45. The fraction of sp³-hybridized carbons (Fsp3) is 0.438. The maximum Gasteiger partial charge on any atom is 0.243 e. The van der Waals surface area contributed by atoms with Gasteiger partial charge in [0.1, 0.15) is 0 Å². The molecule has 140 valence electrons. The monoisotopic (exact) mass is 412 g/mol. The van der Waals surface area contributed by atoms with E-state index in [2.05, 4.69) is 15.5 Å². The third kappa shape index (κ3) is 4.43. The van der Waals surface area contributed by atoms with Crippen LogP contribution in [0.25, 0.3) is 0 Å². The Labute approximate surface area is 161 Å². The summed E-state index contributed by atoms with van der Waals surface area (Å²) in [5, 5.41) is 11.8. The summed E-state index contributed by atoms with van der Waals surface area (Å²) in [5.41, 5.74) is 0.495. The van der Waals surface area contributed by atoms with Crippen molar-refractivity contribution in [1.29, 1.82) is 0 Å². The van der Waals surface area contributed by atoms with E-state index in [0.717, 1.165) is 28.9 Å². The van der Waals surface area contributed by atoms with Crippen molar-refractivity contribution in [3.05, 3.63) is 29.8 Å². The molecule has 1 aromatic carbocycles. The fourth-order valence-electron chi connectivity index (χ4n) is 2.59. The third-order valence-electron chi connectivity index (χ3n) is 3.94. The first kappa shape index (κ1) is 19.3. The van der Waals surface area contributed by atoms with E-state index in [-0.39, 0.29) is 16.4 Å². The van der Waals surface area contributed by atoms with Gasteiger partial charge in [0.05, 0.1) is 10.6 Å². The molecule has 0 unspecified atom stereocenters. The van der Waals surface area contributed by atoms with Crippen molar-refractivity contribution in [3.8, 4) is 0 Å². The average molecular weight is 413 g/mol. The largest absolute Gasteiger partial charge is 0.360 e. The van der Waals surface area contributed by atoms with Gasteiger partial charge >= 0.3 is 0 Å². The van der Waals surface area contributed by atoms with Crippen molar-refractivity contribution < 1.29 is 13.2 Å². The number of rotatable bonds is 8. The second-order valence-corrected chi connectivity index (χ2v) is 9.89. The molecule has 2 heterocycles. The molecule has 0 spiro atoms. The van der Waals surface area contributed by atoms with E-state index in [4.69, 9.17) is 0 Å². The number of Topliss-reactive ketones (excluding diaryl/α,β-unsaturated/α-hetero) is 1. The van der Waals surface area contributed by atoms with E-state index in [0.29, 0.717) is 18.7 Å². The Hall–Kier alpha value is -1.49. The van der Waals surface area contributed by atoms with E-state index in [1.54, 1.807) is 12.1 Å². The Balaban J connectivity index is 1.61. The van der Waals surface area contributed by atoms with Gasteiger partial charge in [-0.05, 0) is 31.9 Å². The van der Waals surface area contributed by atoms with Crippen LogP contribution in [0.5, 0.6) is 0 Å². The summed E-state index contributed by atoms with van der Waals surface area (Å²) < 4.78 is 27.2. The first-order valence-electron chi connectivity index (χ1n) is 8.34. The number of carbonyl (C=O) groups excluding carboxylic acids is 1. The second-order valence-electron chi connectivity index (χ2n) is 5.75. The van der Waals surface area contributed by atoms with Crippen LogP contribution in [0.15, 0.2) is 33.5 Å². The van der Waals surface area contributed by atoms with Crippen molar-refractivity contribution in [2.45, 2.75) is 29.0 Å². The molecular formula is C16H20N4O3S3. The van der Waals surface area contributed by atoms with Crippen LogP contribution in [0.3, 0.4) is 0 Å². The number of thioether (sulfide) groups is 1. The summed E-state index contributed by atoms with van der Waals surface area (Å²) in [6.45, 7) is 3.88. The maximum atomic E-state index is 12.5. The molecule has 1 N–H and O–H groups in total. The lowest BCUT2D eigenvalue weighted by Gasteiger charge is -2.15. The number of carbonyl (C=O) groups is 1. The molecule has 0 amide bonds. The quantitative estimate of drug-likeness (QED) is 0.526. The first-order chi connectivity index (χ1) is 12.5. The van der Waals surface area contributed by atoms with Crippen LogP contribution in [0.1, 0.15) is 30.1 Å². The van der Waals surface area contributed by atoms with Crippen LogP contribution in [-0.2, 0) is 10.0 Å². The van der Waals surface area contributed by atoms with Gasteiger partial charge in [-0.25, -0.2) is 8.42 Å². The lowest BCUT2D eigenvalue weighted by atomic mass is 10.1. The Kier molecular flexibility index (Phi) is 6.28. The van der Waals surface area contributed by atoms with Crippen molar-refractivity contribution in [3.63, 3.8) is 0 Å². The van der Waals surface area contributed by atoms with Crippen LogP contribution in [-0.4, -0.2) is 54.1 Å². The third-order valence-corrected chi connectivity index (χ3v) is 7.87. The van der Waals surface area contributed by atoms with Gasteiger partial charge in [0.2, 0.25) is 15.2 Å². The summed E-state index contributed by atoms with van der Waals surface area (Å²) >= 11 is 2.74. The number of ketones is 1. The minimum absolute atomic E-state index is 0.0691. The van der Waals surface area contributed by atoms with Crippen molar-refractivity contribution in [1.82, 2.24) is 14.5 Å². The molecule has 0 atom stereocenters. The van der Waals surface area contributed by atoms with Gasteiger partial charge in [0.25, 0.3) is 0 Å². The zero-order valence-corrected chi connectivity index (χ0v) is 16.8. The van der Waals surface area contributed by atoms with Crippen LogP contribution >= 0.6 is 23.1 Å². The lowest BCUT2D eigenvalue weighted by Crippen LogP contribution is -2.27. The van der Waals surface area contributed by atoms with E-state index in [9.17, 15) is 13.2 Å². The SMILES string of the molecule is CCNc1nnc(SCC(=O)c2ccc(S(=O)(=O)N3CCCC3)cc2)s1. The standard InChI is InChI=1S/C16H20N4O3S3/c1-2-17-15-18-19-16(25-15)24-11-14(21)12-5-7-13(8-6-12)26(22,23)20-9-3-4-10-20/h5-8H,2-4,9-11H2,1H3,(H,17,18). The lowest BCUT2D eigenvalue weighted by molar-refractivity contribution is 0.102.